The van der Waals surface area contributed by atoms with Gasteiger partial charge in [-0.05, 0) is 18.2 Å². The van der Waals surface area contributed by atoms with Crippen molar-refractivity contribution in [2.75, 3.05) is 5.43 Å². The first kappa shape index (κ1) is 14.5. The number of anilines is 1. The van der Waals surface area contributed by atoms with Crippen molar-refractivity contribution in [1.82, 2.24) is 4.98 Å². The third-order valence-corrected chi connectivity index (χ3v) is 3.20. The van der Waals surface area contributed by atoms with Gasteiger partial charge in [0.25, 0.3) is 0 Å². The lowest BCUT2D eigenvalue weighted by Crippen LogP contribution is -2.08. The standard InChI is InChI=1S/C11H9F4N3OS/c12-9-2-1-6(3-8(9)11(13,14)15)19-5-7-4-17-10(18-16)20-7/h1-4H,5,16H2,(H,17,18). The SMILES string of the molecule is NNc1ncc(COc2ccc(F)c(C(F)(F)F)c2)s1. The molecule has 1 aromatic heterocycles. The quantitative estimate of drug-likeness (QED) is 0.517. The van der Waals surface area contributed by atoms with Gasteiger partial charge in [-0.15, -0.1) is 0 Å². The second kappa shape index (κ2) is 5.63. The van der Waals surface area contributed by atoms with Gasteiger partial charge in [0.2, 0.25) is 0 Å². The molecular weight excluding hydrogens is 298 g/mol. The van der Waals surface area contributed by atoms with E-state index in [-0.39, 0.29) is 12.4 Å². The summed E-state index contributed by atoms with van der Waals surface area (Å²) in [5, 5.41) is 0.457. The molecule has 0 atom stereocenters. The molecule has 0 aliphatic carbocycles. The highest BCUT2D eigenvalue weighted by Crippen LogP contribution is 2.33. The number of alkyl halides is 3. The number of aromatic nitrogens is 1. The number of nitrogens with two attached hydrogens (primary N) is 1. The van der Waals surface area contributed by atoms with Gasteiger partial charge in [0.05, 0.1) is 10.4 Å². The zero-order valence-electron chi connectivity index (χ0n) is 9.87. The molecule has 0 unspecified atom stereocenters. The van der Waals surface area contributed by atoms with Crippen molar-refractivity contribution in [2.45, 2.75) is 12.8 Å². The highest BCUT2D eigenvalue weighted by molar-refractivity contribution is 7.15. The lowest BCUT2D eigenvalue weighted by Gasteiger charge is -2.10. The van der Waals surface area contributed by atoms with Crippen LogP contribution in [0.25, 0.3) is 0 Å². The minimum absolute atomic E-state index is 0.0161. The fourth-order valence-corrected chi connectivity index (χ4v) is 2.04. The Balaban J connectivity index is 2.10. The first-order valence-electron chi connectivity index (χ1n) is 5.31. The van der Waals surface area contributed by atoms with Crippen LogP contribution >= 0.6 is 11.3 Å². The largest absolute Gasteiger partial charge is 0.488 e. The minimum Gasteiger partial charge on any atom is -0.488 e. The van der Waals surface area contributed by atoms with Crippen LogP contribution in [0.15, 0.2) is 24.4 Å². The Bertz CT molecular complexity index is 600. The van der Waals surface area contributed by atoms with Crippen LogP contribution in [0.5, 0.6) is 5.75 Å². The molecule has 2 aromatic rings. The average Bonchev–Trinajstić information content (AvgIpc) is 2.84. The zero-order valence-corrected chi connectivity index (χ0v) is 10.7. The molecule has 0 spiro atoms. The first-order chi connectivity index (χ1) is 9.40. The highest BCUT2D eigenvalue weighted by atomic mass is 32.1. The Morgan fingerprint density at radius 2 is 2.10 bits per heavy atom. The molecular formula is C11H9F4N3OS. The molecule has 0 saturated heterocycles. The van der Waals surface area contributed by atoms with Gasteiger partial charge < -0.3 is 4.74 Å². The van der Waals surface area contributed by atoms with Gasteiger partial charge in [-0.1, -0.05) is 11.3 Å². The van der Waals surface area contributed by atoms with Gasteiger partial charge in [0.15, 0.2) is 5.13 Å². The van der Waals surface area contributed by atoms with E-state index in [0.29, 0.717) is 16.1 Å². The summed E-state index contributed by atoms with van der Waals surface area (Å²) in [6.07, 6.45) is -3.28. The Labute approximate surface area is 115 Å². The maximum atomic E-state index is 13.1. The monoisotopic (exact) mass is 307 g/mol. The molecule has 3 N–H and O–H groups in total. The maximum Gasteiger partial charge on any atom is 0.419 e. The van der Waals surface area contributed by atoms with Crippen molar-refractivity contribution in [2.24, 2.45) is 5.84 Å². The number of hydrogen-bond donors (Lipinski definition) is 2. The van der Waals surface area contributed by atoms with Gasteiger partial charge in [0.1, 0.15) is 18.2 Å². The number of benzene rings is 1. The number of hydrogen-bond acceptors (Lipinski definition) is 5. The zero-order chi connectivity index (χ0) is 14.8. The van der Waals surface area contributed by atoms with Crippen LogP contribution < -0.4 is 16.0 Å². The fraction of sp³-hybridized carbons (Fsp3) is 0.182. The lowest BCUT2D eigenvalue weighted by molar-refractivity contribution is -0.140. The van der Waals surface area contributed by atoms with Crippen molar-refractivity contribution < 1.29 is 22.3 Å². The van der Waals surface area contributed by atoms with Gasteiger partial charge in [-0.25, -0.2) is 15.2 Å². The van der Waals surface area contributed by atoms with Crippen molar-refractivity contribution >= 4 is 16.5 Å². The molecule has 0 aliphatic heterocycles. The van der Waals surface area contributed by atoms with E-state index in [1.807, 2.05) is 0 Å². The second-order valence-corrected chi connectivity index (χ2v) is 4.82. The Kier molecular flexibility index (Phi) is 4.09. The fourth-order valence-electron chi connectivity index (χ4n) is 1.41. The third kappa shape index (κ3) is 3.36. The lowest BCUT2D eigenvalue weighted by atomic mass is 10.2. The number of rotatable bonds is 4. The second-order valence-electron chi connectivity index (χ2n) is 3.70. The number of nitrogen functional groups attached to an aromatic ring is 1. The predicted molar refractivity (Wildman–Crippen MR) is 65.7 cm³/mol. The van der Waals surface area contributed by atoms with E-state index in [4.69, 9.17) is 10.6 Å². The Morgan fingerprint density at radius 3 is 2.70 bits per heavy atom. The van der Waals surface area contributed by atoms with E-state index in [2.05, 4.69) is 10.4 Å². The van der Waals surface area contributed by atoms with E-state index in [1.165, 1.54) is 17.5 Å². The minimum atomic E-state index is -4.76. The van der Waals surface area contributed by atoms with E-state index in [1.54, 1.807) is 0 Å². The van der Waals surface area contributed by atoms with E-state index < -0.39 is 17.6 Å². The molecule has 0 radical (unpaired) electrons. The van der Waals surface area contributed by atoms with Gasteiger partial charge in [-0.3, -0.25) is 5.43 Å². The summed E-state index contributed by atoms with van der Waals surface area (Å²) >= 11 is 1.20. The number of hydrazine groups is 1. The summed E-state index contributed by atoms with van der Waals surface area (Å²) < 4.78 is 55.8. The summed E-state index contributed by atoms with van der Waals surface area (Å²) in [6, 6.07) is 2.48. The maximum absolute atomic E-state index is 13.1. The highest BCUT2D eigenvalue weighted by Gasteiger charge is 2.34. The third-order valence-electron chi connectivity index (χ3n) is 2.30. The molecule has 0 saturated carbocycles. The number of nitrogens with zero attached hydrogens (tertiary/aromatic N) is 1. The molecule has 9 heteroatoms. The number of nitrogens with one attached hydrogen (secondary N) is 1. The van der Waals surface area contributed by atoms with Crippen LogP contribution in [0, 0.1) is 5.82 Å². The average molecular weight is 307 g/mol. The molecule has 4 nitrogen and oxygen atoms in total. The van der Waals surface area contributed by atoms with Crippen LogP contribution in [-0.4, -0.2) is 4.98 Å². The normalized spacial score (nSPS) is 11.4. The number of ether oxygens (including phenoxy) is 1. The van der Waals surface area contributed by atoms with Crippen LogP contribution in [0.2, 0.25) is 0 Å². The van der Waals surface area contributed by atoms with Crippen LogP contribution in [-0.2, 0) is 12.8 Å². The first-order valence-corrected chi connectivity index (χ1v) is 6.12. The Morgan fingerprint density at radius 1 is 1.35 bits per heavy atom. The van der Waals surface area contributed by atoms with E-state index in [0.717, 1.165) is 12.1 Å². The van der Waals surface area contributed by atoms with Crippen LogP contribution in [0.3, 0.4) is 0 Å². The number of thiazole rings is 1. The topological polar surface area (TPSA) is 60.2 Å². The Hall–Kier alpha value is -1.87. The van der Waals surface area contributed by atoms with Gasteiger partial charge in [0, 0.05) is 6.20 Å². The van der Waals surface area contributed by atoms with Crippen LogP contribution in [0.4, 0.5) is 22.7 Å². The predicted octanol–water partition coefficient (Wildman–Crippen LogP) is 3.17. The summed E-state index contributed by atoms with van der Waals surface area (Å²) in [6.45, 7) is 0.0161. The summed E-state index contributed by atoms with van der Waals surface area (Å²) in [5.74, 6) is 3.73. The molecule has 0 aliphatic rings. The van der Waals surface area contributed by atoms with Crippen molar-refractivity contribution in [3.63, 3.8) is 0 Å². The van der Waals surface area contributed by atoms with E-state index >= 15 is 0 Å². The van der Waals surface area contributed by atoms with Crippen molar-refractivity contribution in [3.8, 4) is 5.75 Å². The van der Waals surface area contributed by atoms with Crippen molar-refractivity contribution in [1.29, 1.82) is 0 Å². The molecule has 0 amide bonds. The molecule has 0 bridgehead atoms. The van der Waals surface area contributed by atoms with E-state index in [9.17, 15) is 17.6 Å². The molecule has 108 valence electrons. The van der Waals surface area contributed by atoms with Crippen LogP contribution in [0.1, 0.15) is 10.4 Å². The van der Waals surface area contributed by atoms with Gasteiger partial charge in [-0.2, -0.15) is 13.2 Å². The summed E-state index contributed by atoms with van der Waals surface area (Å²) in [4.78, 5) is 4.54. The smallest absolute Gasteiger partial charge is 0.419 e. The molecule has 1 heterocycles. The van der Waals surface area contributed by atoms with Crippen molar-refractivity contribution in [3.05, 3.63) is 40.7 Å². The molecule has 1 aromatic carbocycles. The molecule has 2 rings (SSSR count). The summed E-state index contributed by atoms with van der Waals surface area (Å²) in [5.41, 5.74) is 0.978. The molecule has 20 heavy (non-hydrogen) atoms. The number of halogens is 4. The van der Waals surface area contributed by atoms with Gasteiger partial charge >= 0.3 is 6.18 Å². The summed E-state index contributed by atoms with van der Waals surface area (Å²) in [7, 11) is 0. The molecule has 0 fully saturated rings.